The minimum absolute atomic E-state index is 0.0345. The summed E-state index contributed by atoms with van der Waals surface area (Å²) < 4.78 is 0. The van der Waals surface area contributed by atoms with E-state index in [0.717, 1.165) is 0 Å². The summed E-state index contributed by atoms with van der Waals surface area (Å²) >= 11 is 1.28. The van der Waals surface area contributed by atoms with E-state index in [2.05, 4.69) is 4.98 Å². The van der Waals surface area contributed by atoms with Crippen molar-refractivity contribution in [2.24, 2.45) is 0 Å². The van der Waals surface area contributed by atoms with Crippen molar-refractivity contribution >= 4 is 23.5 Å². The van der Waals surface area contributed by atoms with Crippen LogP contribution in [0.3, 0.4) is 0 Å². The van der Waals surface area contributed by atoms with Gasteiger partial charge in [0.1, 0.15) is 22.5 Å². The maximum Gasteiger partial charge on any atom is 0.339 e. The Morgan fingerprint density at radius 2 is 2.31 bits per heavy atom. The number of nitrogens with two attached hydrogens (primary N) is 1. The van der Waals surface area contributed by atoms with Crippen LogP contribution in [0.4, 0.5) is 5.82 Å². The van der Waals surface area contributed by atoms with Gasteiger partial charge < -0.3 is 10.8 Å². The maximum atomic E-state index is 11.0. The summed E-state index contributed by atoms with van der Waals surface area (Å²) in [4.78, 5) is 15.0. The minimum Gasteiger partial charge on any atom is -0.478 e. The Kier molecular flexibility index (Phi) is 3.74. The fourth-order valence-corrected chi connectivity index (χ4v) is 2.05. The summed E-state index contributed by atoms with van der Waals surface area (Å²) in [6.45, 7) is 1.78. The monoisotopic (exact) mass is 237 g/mol. The van der Waals surface area contributed by atoms with Gasteiger partial charge in [0.05, 0.1) is 5.56 Å². The summed E-state index contributed by atoms with van der Waals surface area (Å²) in [6.07, 6.45) is 2.20. The molecule has 0 fully saturated rings. The third-order valence-electron chi connectivity index (χ3n) is 2.17. The number of nitriles is 1. The zero-order valence-electron chi connectivity index (χ0n) is 8.94. The Balaban J connectivity index is 3.66. The summed E-state index contributed by atoms with van der Waals surface area (Å²) in [5, 5.41) is 18.5. The SMILES string of the molecule is CCc1c(C#N)c(SC)nc(N)c1C(=O)O. The topological polar surface area (TPSA) is 100 Å². The Morgan fingerprint density at radius 1 is 1.69 bits per heavy atom. The van der Waals surface area contributed by atoms with Crippen LogP contribution in [0.2, 0.25) is 0 Å². The van der Waals surface area contributed by atoms with Gasteiger partial charge in [-0.25, -0.2) is 9.78 Å². The average Bonchev–Trinajstić information content (AvgIpc) is 2.26. The number of anilines is 1. The number of hydrogen-bond acceptors (Lipinski definition) is 5. The van der Waals surface area contributed by atoms with Crippen LogP contribution in [0, 0.1) is 11.3 Å². The first-order valence-electron chi connectivity index (χ1n) is 4.56. The molecule has 1 aromatic rings. The molecule has 5 nitrogen and oxygen atoms in total. The molecule has 0 radical (unpaired) electrons. The number of pyridine rings is 1. The molecule has 0 saturated carbocycles. The number of nitrogen functional groups attached to an aromatic ring is 1. The zero-order valence-corrected chi connectivity index (χ0v) is 9.76. The zero-order chi connectivity index (χ0) is 12.3. The maximum absolute atomic E-state index is 11.0. The van der Waals surface area contributed by atoms with Gasteiger partial charge in [0.25, 0.3) is 0 Å². The highest BCUT2D eigenvalue weighted by Gasteiger charge is 2.21. The van der Waals surface area contributed by atoms with Gasteiger partial charge in [-0.15, -0.1) is 11.8 Å². The van der Waals surface area contributed by atoms with E-state index in [0.29, 0.717) is 22.6 Å². The van der Waals surface area contributed by atoms with E-state index < -0.39 is 5.97 Å². The predicted octanol–water partition coefficient (Wildman–Crippen LogP) is 1.52. The number of rotatable bonds is 3. The van der Waals surface area contributed by atoms with Crippen molar-refractivity contribution in [1.29, 1.82) is 5.26 Å². The normalized spacial score (nSPS) is 9.81. The predicted molar refractivity (Wildman–Crippen MR) is 61.5 cm³/mol. The number of nitrogens with zero attached hydrogens (tertiary/aromatic N) is 2. The van der Waals surface area contributed by atoms with Crippen LogP contribution < -0.4 is 5.73 Å². The van der Waals surface area contributed by atoms with Gasteiger partial charge in [-0.1, -0.05) is 6.92 Å². The van der Waals surface area contributed by atoms with Crippen LogP contribution in [-0.4, -0.2) is 22.3 Å². The van der Waals surface area contributed by atoms with Gasteiger partial charge in [-0.05, 0) is 18.2 Å². The Bertz CT molecular complexity index is 480. The molecule has 1 rings (SSSR count). The molecule has 0 atom stereocenters. The van der Waals surface area contributed by atoms with Crippen molar-refractivity contribution in [3.63, 3.8) is 0 Å². The fourth-order valence-electron chi connectivity index (χ4n) is 1.49. The fraction of sp³-hybridized carbons (Fsp3) is 0.300. The number of thioether (sulfide) groups is 1. The first-order valence-corrected chi connectivity index (χ1v) is 5.79. The number of hydrogen-bond donors (Lipinski definition) is 2. The van der Waals surface area contributed by atoms with Crippen molar-refractivity contribution < 1.29 is 9.90 Å². The summed E-state index contributed by atoms with van der Waals surface area (Å²) in [5.74, 6) is -1.18. The third-order valence-corrected chi connectivity index (χ3v) is 2.85. The highest BCUT2D eigenvalue weighted by atomic mass is 32.2. The van der Waals surface area contributed by atoms with Crippen LogP contribution in [-0.2, 0) is 6.42 Å². The van der Waals surface area contributed by atoms with E-state index >= 15 is 0 Å². The molecule has 0 aliphatic rings. The molecule has 0 saturated heterocycles. The Labute approximate surface area is 97.3 Å². The van der Waals surface area contributed by atoms with E-state index in [1.807, 2.05) is 6.07 Å². The molecule has 0 aromatic carbocycles. The summed E-state index contributed by atoms with van der Waals surface area (Å²) in [7, 11) is 0. The van der Waals surface area contributed by atoms with E-state index in [9.17, 15) is 4.79 Å². The van der Waals surface area contributed by atoms with Crippen molar-refractivity contribution in [3.05, 3.63) is 16.7 Å². The Hall–Kier alpha value is -1.74. The average molecular weight is 237 g/mol. The molecule has 6 heteroatoms. The van der Waals surface area contributed by atoms with Crippen molar-refractivity contribution in [1.82, 2.24) is 4.98 Å². The van der Waals surface area contributed by atoms with Gasteiger partial charge in [0.15, 0.2) is 0 Å². The van der Waals surface area contributed by atoms with Crippen molar-refractivity contribution in [3.8, 4) is 6.07 Å². The first kappa shape index (κ1) is 12.3. The van der Waals surface area contributed by atoms with Crippen LogP contribution >= 0.6 is 11.8 Å². The summed E-state index contributed by atoms with van der Waals surface area (Å²) in [6, 6.07) is 1.99. The van der Waals surface area contributed by atoms with Crippen LogP contribution in [0.15, 0.2) is 5.03 Å². The lowest BCUT2D eigenvalue weighted by molar-refractivity contribution is 0.0696. The lowest BCUT2D eigenvalue weighted by Gasteiger charge is -2.11. The molecule has 1 heterocycles. The highest BCUT2D eigenvalue weighted by molar-refractivity contribution is 7.98. The molecular weight excluding hydrogens is 226 g/mol. The second-order valence-corrected chi connectivity index (χ2v) is 3.80. The first-order chi connectivity index (χ1) is 7.56. The molecule has 84 valence electrons. The number of aromatic nitrogens is 1. The van der Waals surface area contributed by atoms with Crippen LogP contribution in [0.1, 0.15) is 28.4 Å². The molecule has 0 unspecified atom stereocenters. The van der Waals surface area contributed by atoms with E-state index in [1.54, 1.807) is 13.2 Å². The third kappa shape index (κ3) is 1.95. The van der Waals surface area contributed by atoms with E-state index in [-0.39, 0.29) is 11.4 Å². The smallest absolute Gasteiger partial charge is 0.339 e. The standard InChI is InChI=1S/C10H11N3O2S/c1-3-5-6(4-11)9(16-2)13-8(12)7(5)10(14)15/h3H2,1-2H3,(H2,12,13)(H,14,15). The molecule has 0 bridgehead atoms. The highest BCUT2D eigenvalue weighted by Crippen LogP contribution is 2.27. The van der Waals surface area contributed by atoms with Crippen molar-refractivity contribution in [2.75, 3.05) is 12.0 Å². The van der Waals surface area contributed by atoms with Gasteiger partial charge in [0.2, 0.25) is 0 Å². The lowest BCUT2D eigenvalue weighted by Crippen LogP contribution is -2.12. The number of carboxylic acid groups (broad SMARTS) is 1. The van der Waals surface area contributed by atoms with Crippen LogP contribution in [0.5, 0.6) is 0 Å². The lowest BCUT2D eigenvalue weighted by atomic mass is 10.0. The minimum atomic E-state index is -1.15. The Morgan fingerprint density at radius 3 is 2.69 bits per heavy atom. The quantitative estimate of drug-likeness (QED) is 0.773. The molecule has 0 aliphatic carbocycles. The van der Waals surface area contributed by atoms with Crippen molar-refractivity contribution in [2.45, 2.75) is 18.4 Å². The molecular formula is C10H11N3O2S. The molecule has 16 heavy (non-hydrogen) atoms. The number of aromatic carboxylic acids is 1. The van der Waals surface area contributed by atoms with Gasteiger partial charge in [0, 0.05) is 0 Å². The molecule has 3 N–H and O–H groups in total. The number of carboxylic acids is 1. The van der Waals surface area contributed by atoms with E-state index in [1.165, 1.54) is 11.8 Å². The second kappa shape index (κ2) is 4.86. The second-order valence-electron chi connectivity index (χ2n) is 3.01. The molecule has 0 aliphatic heterocycles. The summed E-state index contributed by atoms with van der Waals surface area (Å²) in [5.41, 5.74) is 6.28. The molecule has 1 aromatic heterocycles. The molecule has 0 spiro atoms. The largest absolute Gasteiger partial charge is 0.478 e. The molecule has 0 amide bonds. The van der Waals surface area contributed by atoms with Gasteiger partial charge >= 0.3 is 5.97 Å². The number of carbonyl (C=O) groups is 1. The van der Waals surface area contributed by atoms with Gasteiger partial charge in [-0.2, -0.15) is 5.26 Å². The van der Waals surface area contributed by atoms with E-state index in [4.69, 9.17) is 16.1 Å². The van der Waals surface area contributed by atoms with Gasteiger partial charge in [-0.3, -0.25) is 0 Å². The van der Waals surface area contributed by atoms with Crippen LogP contribution in [0.25, 0.3) is 0 Å².